The smallest absolute Gasteiger partial charge is 0.340 e. The molecule has 1 amide bonds. The van der Waals surface area contributed by atoms with Crippen LogP contribution in [0, 0.1) is 5.82 Å². The normalized spacial score (nSPS) is 18.5. The summed E-state index contributed by atoms with van der Waals surface area (Å²) in [6.45, 7) is 2.08. The standard InChI is InChI=1S/C26H31Cl2F4N3O/c1-33(2)11-5-4-6-25(36)35-15-19(18-8-10-21(27)22(28)13-18)24(16-35)34(3)14-17-7-9-20(23(29)12-17)26(30,31)32/h7-10,12-13,19,24H,4-6,11,14-16H2,1-3H3/t19-,24+/m1/s1. The molecule has 2 aromatic rings. The second-order valence-corrected chi connectivity index (χ2v) is 10.4. The van der Waals surface area contributed by atoms with Crippen LogP contribution in [0.15, 0.2) is 36.4 Å². The Morgan fingerprint density at radius 3 is 2.36 bits per heavy atom. The summed E-state index contributed by atoms with van der Waals surface area (Å²) in [6.07, 6.45) is -2.59. The van der Waals surface area contributed by atoms with Crippen molar-refractivity contribution in [1.29, 1.82) is 0 Å². The predicted molar refractivity (Wildman–Crippen MR) is 135 cm³/mol. The van der Waals surface area contributed by atoms with Crippen LogP contribution in [0.5, 0.6) is 0 Å². The number of hydrogen-bond acceptors (Lipinski definition) is 3. The van der Waals surface area contributed by atoms with Crippen molar-refractivity contribution in [1.82, 2.24) is 14.7 Å². The summed E-state index contributed by atoms with van der Waals surface area (Å²) in [5.41, 5.74) is 0.0570. The lowest BCUT2D eigenvalue weighted by atomic mass is 9.93. The van der Waals surface area contributed by atoms with Gasteiger partial charge in [0, 0.05) is 38.0 Å². The number of likely N-dealkylation sites (tertiary alicyclic amines) is 1. The Morgan fingerprint density at radius 1 is 1.03 bits per heavy atom. The molecular formula is C26H31Cl2F4N3O. The van der Waals surface area contributed by atoms with E-state index in [-0.39, 0.29) is 24.4 Å². The monoisotopic (exact) mass is 547 g/mol. The zero-order chi connectivity index (χ0) is 26.6. The van der Waals surface area contributed by atoms with Crippen LogP contribution in [0.4, 0.5) is 17.6 Å². The van der Waals surface area contributed by atoms with Crippen LogP contribution in [0.1, 0.15) is 41.9 Å². The molecule has 0 spiro atoms. The van der Waals surface area contributed by atoms with Gasteiger partial charge in [0.05, 0.1) is 15.6 Å². The van der Waals surface area contributed by atoms with Crippen molar-refractivity contribution >= 4 is 29.1 Å². The minimum atomic E-state index is -4.74. The van der Waals surface area contributed by atoms with E-state index >= 15 is 0 Å². The van der Waals surface area contributed by atoms with Crippen LogP contribution in [-0.2, 0) is 17.5 Å². The van der Waals surface area contributed by atoms with E-state index < -0.39 is 17.6 Å². The van der Waals surface area contributed by atoms with E-state index in [2.05, 4.69) is 4.90 Å². The summed E-state index contributed by atoms with van der Waals surface area (Å²) >= 11 is 12.4. The van der Waals surface area contributed by atoms with E-state index in [1.165, 1.54) is 6.07 Å². The van der Waals surface area contributed by atoms with E-state index in [0.29, 0.717) is 35.1 Å². The third-order valence-electron chi connectivity index (χ3n) is 6.60. The molecule has 0 N–H and O–H groups in total. The first kappa shape index (κ1) is 28.7. The maximum absolute atomic E-state index is 14.1. The van der Waals surface area contributed by atoms with Crippen molar-refractivity contribution in [3.8, 4) is 0 Å². The number of alkyl halides is 3. The number of halogens is 6. The van der Waals surface area contributed by atoms with Gasteiger partial charge in [-0.1, -0.05) is 35.3 Å². The van der Waals surface area contributed by atoms with Gasteiger partial charge < -0.3 is 9.80 Å². The second-order valence-electron chi connectivity index (χ2n) is 9.63. The maximum Gasteiger partial charge on any atom is 0.419 e. The number of carbonyl (C=O) groups is 1. The fourth-order valence-electron chi connectivity index (χ4n) is 4.66. The van der Waals surface area contributed by atoms with Gasteiger partial charge in [-0.15, -0.1) is 0 Å². The molecule has 2 aromatic carbocycles. The number of amides is 1. The molecule has 36 heavy (non-hydrogen) atoms. The molecular weight excluding hydrogens is 517 g/mol. The van der Waals surface area contributed by atoms with Crippen molar-refractivity contribution in [2.24, 2.45) is 0 Å². The van der Waals surface area contributed by atoms with E-state index in [1.54, 1.807) is 12.1 Å². The number of rotatable bonds is 9. The van der Waals surface area contributed by atoms with E-state index in [0.717, 1.165) is 37.1 Å². The summed E-state index contributed by atoms with van der Waals surface area (Å²) in [4.78, 5) is 18.8. The Morgan fingerprint density at radius 2 is 1.75 bits per heavy atom. The quantitative estimate of drug-likeness (QED) is 0.272. The highest BCUT2D eigenvalue weighted by atomic mass is 35.5. The van der Waals surface area contributed by atoms with Gasteiger partial charge in [-0.3, -0.25) is 9.69 Å². The van der Waals surface area contributed by atoms with Crippen LogP contribution in [0.25, 0.3) is 0 Å². The number of benzene rings is 2. The summed E-state index contributed by atoms with van der Waals surface area (Å²) in [6, 6.07) is 8.23. The molecule has 10 heteroatoms. The van der Waals surface area contributed by atoms with Gasteiger partial charge >= 0.3 is 6.18 Å². The molecule has 3 rings (SSSR count). The first-order chi connectivity index (χ1) is 16.9. The van der Waals surface area contributed by atoms with Crippen molar-refractivity contribution < 1.29 is 22.4 Å². The summed E-state index contributed by atoms with van der Waals surface area (Å²) in [7, 11) is 5.82. The van der Waals surface area contributed by atoms with E-state index in [4.69, 9.17) is 23.2 Å². The first-order valence-electron chi connectivity index (χ1n) is 11.8. The van der Waals surface area contributed by atoms with Crippen molar-refractivity contribution in [2.75, 3.05) is 40.8 Å². The average Bonchev–Trinajstić information content (AvgIpc) is 3.23. The van der Waals surface area contributed by atoms with Gasteiger partial charge in [0.1, 0.15) is 5.82 Å². The Labute approximate surface area is 219 Å². The topological polar surface area (TPSA) is 26.8 Å². The fourth-order valence-corrected chi connectivity index (χ4v) is 4.97. The molecule has 198 valence electrons. The first-order valence-corrected chi connectivity index (χ1v) is 12.6. The Hall–Kier alpha value is -1.87. The molecule has 1 aliphatic heterocycles. The molecule has 0 aromatic heterocycles. The van der Waals surface area contributed by atoms with Crippen LogP contribution >= 0.6 is 23.2 Å². The van der Waals surface area contributed by atoms with Gasteiger partial charge in [-0.05, 0) is 75.9 Å². The molecule has 0 radical (unpaired) electrons. The minimum Gasteiger partial charge on any atom is -0.340 e. The van der Waals surface area contributed by atoms with Gasteiger partial charge in [0.15, 0.2) is 0 Å². The lowest BCUT2D eigenvalue weighted by Gasteiger charge is -2.29. The number of nitrogens with zero attached hydrogens (tertiary/aromatic N) is 3. The highest BCUT2D eigenvalue weighted by Crippen LogP contribution is 2.36. The van der Waals surface area contributed by atoms with Gasteiger partial charge in [0.2, 0.25) is 5.91 Å². The third-order valence-corrected chi connectivity index (χ3v) is 7.34. The zero-order valence-electron chi connectivity index (χ0n) is 20.6. The zero-order valence-corrected chi connectivity index (χ0v) is 22.1. The van der Waals surface area contributed by atoms with Crippen molar-refractivity contribution in [3.05, 3.63) is 69.0 Å². The third kappa shape index (κ3) is 7.34. The maximum atomic E-state index is 14.1. The highest BCUT2D eigenvalue weighted by molar-refractivity contribution is 6.42. The summed E-state index contributed by atoms with van der Waals surface area (Å²) < 4.78 is 53.0. The Balaban J connectivity index is 1.77. The molecule has 0 bridgehead atoms. The molecule has 2 atom stereocenters. The lowest BCUT2D eigenvalue weighted by molar-refractivity contribution is -0.140. The van der Waals surface area contributed by atoms with Crippen LogP contribution in [0.2, 0.25) is 10.0 Å². The van der Waals surface area contributed by atoms with Crippen molar-refractivity contribution in [3.63, 3.8) is 0 Å². The largest absolute Gasteiger partial charge is 0.419 e. The molecule has 0 unspecified atom stereocenters. The molecule has 0 aliphatic carbocycles. The van der Waals surface area contributed by atoms with Crippen molar-refractivity contribution in [2.45, 2.75) is 43.9 Å². The second kappa shape index (κ2) is 12.1. The fraction of sp³-hybridized carbons (Fsp3) is 0.500. The molecule has 1 saturated heterocycles. The molecule has 1 aliphatic rings. The average molecular weight is 548 g/mol. The summed E-state index contributed by atoms with van der Waals surface area (Å²) in [5.74, 6) is -1.32. The van der Waals surface area contributed by atoms with Crippen LogP contribution in [-0.4, -0.2) is 67.4 Å². The van der Waals surface area contributed by atoms with E-state index in [1.807, 2.05) is 37.0 Å². The molecule has 0 saturated carbocycles. The predicted octanol–water partition coefficient (Wildman–Crippen LogP) is 6.31. The number of hydrogen-bond donors (Lipinski definition) is 0. The van der Waals surface area contributed by atoms with Crippen LogP contribution < -0.4 is 0 Å². The van der Waals surface area contributed by atoms with Gasteiger partial charge in [-0.25, -0.2) is 4.39 Å². The number of unbranched alkanes of at least 4 members (excludes halogenated alkanes) is 1. The van der Waals surface area contributed by atoms with Crippen LogP contribution in [0.3, 0.4) is 0 Å². The lowest BCUT2D eigenvalue weighted by Crippen LogP contribution is -2.38. The minimum absolute atomic E-state index is 0.0651. The molecule has 1 heterocycles. The van der Waals surface area contributed by atoms with Gasteiger partial charge in [-0.2, -0.15) is 13.2 Å². The van der Waals surface area contributed by atoms with E-state index in [9.17, 15) is 22.4 Å². The Kier molecular flexibility index (Phi) is 9.66. The SMILES string of the molecule is CN(C)CCCCC(=O)N1C[C@H](c2ccc(Cl)c(Cl)c2)[C@@H](N(C)Cc2ccc(C(F)(F)F)c(F)c2)C1. The molecule has 1 fully saturated rings. The van der Waals surface area contributed by atoms with Gasteiger partial charge in [0.25, 0.3) is 0 Å². The Bertz CT molecular complexity index is 1060. The summed E-state index contributed by atoms with van der Waals surface area (Å²) in [5, 5.41) is 0.839. The number of likely N-dealkylation sites (N-methyl/N-ethyl adjacent to an activating group) is 1. The highest BCUT2D eigenvalue weighted by Gasteiger charge is 2.39. The number of carbonyl (C=O) groups excluding carboxylic acids is 1. The molecule has 4 nitrogen and oxygen atoms in total.